The van der Waals surface area contributed by atoms with Crippen LogP contribution in [-0.4, -0.2) is 53.6 Å². The molecule has 2 rings (SSSR count). The average molecular weight is 362 g/mol. The molecule has 0 spiro atoms. The molecule has 0 bridgehead atoms. The second kappa shape index (κ2) is 8.31. The summed E-state index contributed by atoms with van der Waals surface area (Å²) >= 11 is 0. The van der Waals surface area contributed by atoms with Crippen LogP contribution in [0.3, 0.4) is 0 Å². The molecule has 1 fully saturated rings. The van der Waals surface area contributed by atoms with Gasteiger partial charge in [-0.2, -0.15) is 0 Å². The number of benzene rings is 1. The van der Waals surface area contributed by atoms with E-state index in [9.17, 15) is 14.4 Å². The Balaban J connectivity index is 2.04. The molecule has 2 amide bonds. The molecule has 1 aromatic rings. The van der Waals surface area contributed by atoms with Gasteiger partial charge in [0.1, 0.15) is 0 Å². The van der Waals surface area contributed by atoms with Crippen molar-refractivity contribution >= 4 is 17.8 Å². The smallest absolute Gasteiger partial charge is 0.305 e. The van der Waals surface area contributed by atoms with Gasteiger partial charge < -0.3 is 20.1 Å². The lowest BCUT2D eigenvalue weighted by Crippen LogP contribution is -2.52. The summed E-state index contributed by atoms with van der Waals surface area (Å²) in [6.07, 6.45) is -0.128. The number of carbonyl (C=O) groups excluding carboxylic acids is 2. The first-order valence-corrected chi connectivity index (χ1v) is 8.63. The SMILES string of the molecule is COCC(C)(CC(=O)O)NC(=O)C1CC(=O)N(C(C)c2ccccc2)C1. The highest BCUT2D eigenvalue weighted by atomic mass is 16.5. The topological polar surface area (TPSA) is 95.9 Å². The van der Waals surface area contributed by atoms with Gasteiger partial charge >= 0.3 is 5.97 Å². The molecule has 3 atom stereocenters. The molecule has 142 valence electrons. The Morgan fingerprint density at radius 1 is 1.38 bits per heavy atom. The Morgan fingerprint density at radius 2 is 2.04 bits per heavy atom. The molecule has 0 aliphatic carbocycles. The molecule has 1 saturated heterocycles. The van der Waals surface area contributed by atoms with Crippen molar-refractivity contribution in [3.63, 3.8) is 0 Å². The predicted octanol–water partition coefficient (Wildman–Crippen LogP) is 1.59. The van der Waals surface area contributed by atoms with Gasteiger partial charge in [0, 0.05) is 20.1 Å². The highest BCUT2D eigenvalue weighted by molar-refractivity contribution is 5.90. The molecular weight excluding hydrogens is 336 g/mol. The number of likely N-dealkylation sites (tertiary alicyclic amines) is 1. The van der Waals surface area contributed by atoms with Gasteiger partial charge in [-0.15, -0.1) is 0 Å². The maximum Gasteiger partial charge on any atom is 0.305 e. The van der Waals surface area contributed by atoms with Gasteiger partial charge in [-0.3, -0.25) is 14.4 Å². The van der Waals surface area contributed by atoms with Crippen LogP contribution in [0, 0.1) is 5.92 Å². The van der Waals surface area contributed by atoms with Crippen LogP contribution in [0.5, 0.6) is 0 Å². The first-order valence-electron chi connectivity index (χ1n) is 8.63. The fourth-order valence-electron chi connectivity index (χ4n) is 3.38. The van der Waals surface area contributed by atoms with Crippen LogP contribution < -0.4 is 5.32 Å². The summed E-state index contributed by atoms with van der Waals surface area (Å²) in [4.78, 5) is 37.8. The number of ether oxygens (including phenoxy) is 1. The molecule has 0 aromatic heterocycles. The Bertz CT molecular complexity index is 663. The van der Waals surface area contributed by atoms with Crippen molar-refractivity contribution in [3.8, 4) is 0 Å². The number of nitrogens with zero attached hydrogens (tertiary/aromatic N) is 1. The average Bonchev–Trinajstić information content (AvgIpc) is 2.96. The number of carbonyl (C=O) groups is 3. The second-order valence-electron chi connectivity index (χ2n) is 7.09. The first-order chi connectivity index (χ1) is 12.3. The molecule has 0 saturated carbocycles. The second-order valence-corrected chi connectivity index (χ2v) is 7.09. The van der Waals surface area contributed by atoms with Gasteiger partial charge in [-0.1, -0.05) is 30.3 Å². The van der Waals surface area contributed by atoms with Crippen molar-refractivity contribution < 1.29 is 24.2 Å². The zero-order valence-corrected chi connectivity index (χ0v) is 15.4. The number of rotatable bonds is 8. The molecule has 1 aliphatic rings. The molecule has 1 aromatic carbocycles. The number of aliphatic carboxylic acids is 1. The number of nitrogens with one attached hydrogen (secondary N) is 1. The van der Waals surface area contributed by atoms with Gasteiger partial charge in [0.2, 0.25) is 11.8 Å². The van der Waals surface area contributed by atoms with Gasteiger partial charge in [-0.05, 0) is 19.4 Å². The van der Waals surface area contributed by atoms with Crippen LogP contribution in [0.1, 0.15) is 38.3 Å². The van der Waals surface area contributed by atoms with E-state index in [0.717, 1.165) is 5.56 Å². The number of carboxylic acids is 1. The van der Waals surface area contributed by atoms with Crippen molar-refractivity contribution in [2.24, 2.45) is 5.92 Å². The minimum atomic E-state index is -1.02. The van der Waals surface area contributed by atoms with E-state index in [2.05, 4.69) is 5.32 Å². The van der Waals surface area contributed by atoms with E-state index >= 15 is 0 Å². The molecule has 0 radical (unpaired) electrons. The summed E-state index contributed by atoms with van der Waals surface area (Å²) in [5.74, 6) is -1.92. The third kappa shape index (κ3) is 4.82. The van der Waals surface area contributed by atoms with Gasteiger partial charge in [0.05, 0.1) is 30.5 Å². The van der Waals surface area contributed by atoms with E-state index in [0.29, 0.717) is 6.54 Å². The number of hydrogen-bond acceptors (Lipinski definition) is 4. The van der Waals surface area contributed by atoms with Crippen molar-refractivity contribution in [2.45, 2.75) is 38.3 Å². The Labute approximate surface area is 153 Å². The minimum absolute atomic E-state index is 0.0758. The molecule has 1 heterocycles. The number of methoxy groups -OCH3 is 1. The number of carboxylic acid groups (broad SMARTS) is 1. The summed E-state index contributed by atoms with van der Waals surface area (Å²) < 4.78 is 5.05. The fraction of sp³-hybridized carbons (Fsp3) is 0.526. The van der Waals surface area contributed by atoms with Gasteiger partial charge in [0.25, 0.3) is 0 Å². The van der Waals surface area contributed by atoms with Crippen LogP contribution in [-0.2, 0) is 19.1 Å². The maximum atomic E-state index is 12.6. The number of hydrogen-bond donors (Lipinski definition) is 2. The summed E-state index contributed by atoms with van der Waals surface area (Å²) in [5, 5.41) is 11.8. The van der Waals surface area contributed by atoms with Crippen LogP contribution in [0.4, 0.5) is 0 Å². The quantitative estimate of drug-likeness (QED) is 0.732. The third-order valence-electron chi connectivity index (χ3n) is 4.71. The van der Waals surface area contributed by atoms with Gasteiger partial charge in [-0.25, -0.2) is 0 Å². The Morgan fingerprint density at radius 3 is 2.62 bits per heavy atom. The van der Waals surface area contributed by atoms with Crippen LogP contribution >= 0.6 is 0 Å². The van der Waals surface area contributed by atoms with E-state index in [1.54, 1.807) is 11.8 Å². The monoisotopic (exact) mass is 362 g/mol. The van der Waals surface area contributed by atoms with Crippen molar-refractivity contribution in [1.82, 2.24) is 10.2 Å². The number of amides is 2. The van der Waals surface area contributed by atoms with E-state index in [-0.39, 0.29) is 37.3 Å². The van der Waals surface area contributed by atoms with Crippen molar-refractivity contribution in [2.75, 3.05) is 20.3 Å². The van der Waals surface area contributed by atoms with E-state index in [4.69, 9.17) is 9.84 Å². The normalized spacial score (nSPS) is 20.5. The van der Waals surface area contributed by atoms with Gasteiger partial charge in [0.15, 0.2) is 0 Å². The highest BCUT2D eigenvalue weighted by Gasteiger charge is 2.39. The predicted molar refractivity (Wildman–Crippen MR) is 95.4 cm³/mol. The van der Waals surface area contributed by atoms with Crippen LogP contribution in [0.25, 0.3) is 0 Å². The first kappa shape index (κ1) is 19.9. The molecular formula is C19H26N2O5. The van der Waals surface area contributed by atoms with E-state index in [1.165, 1.54) is 7.11 Å². The van der Waals surface area contributed by atoms with Crippen molar-refractivity contribution in [3.05, 3.63) is 35.9 Å². The molecule has 26 heavy (non-hydrogen) atoms. The standard InChI is InChI=1S/C19H26N2O5/c1-13(14-7-5-4-6-8-14)21-11-15(9-16(21)22)18(25)20-19(2,12-26-3)10-17(23)24/h4-8,13,15H,9-12H2,1-3H3,(H,20,25)(H,23,24). The van der Waals surface area contributed by atoms with Crippen LogP contribution in [0.2, 0.25) is 0 Å². The molecule has 7 heteroatoms. The molecule has 3 unspecified atom stereocenters. The maximum absolute atomic E-state index is 12.6. The largest absolute Gasteiger partial charge is 0.481 e. The zero-order chi connectivity index (χ0) is 19.3. The van der Waals surface area contributed by atoms with Crippen LogP contribution in [0.15, 0.2) is 30.3 Å². The van der Waals surface area contributed by atoms with Crippen molar-refractivity contribution in [1.29, 1.82) is 0 Å². The Kier molecular flexibility index (Phi) is 6.37. The zero-order valence-electron chi connectivity index (χ0n) is 15.4. The molecule has 1 aliphatic heterocycles. The molecule has 7 nitrogen and oxygen atoms in total. The summed E-state index contributed by atoms with van der Waals surface area (Å²) in [5.41, 5.74) is -0.00358. The minimum Gasteiger partial charge on any atom is -0.481 e. The lowest BCUT2D eigenvalue weighted by atomic mass is 9.97. The summed E-state index contributed by atoms with van der Waals surface area (Å²) in [6, 6.07) is 9.53. The fourth-order valence-corrected chi connectivity index (χ4v) is 3.38. The van der Waals surface area contributed by atoms with E-state index < -0.39 is 17.4 Å². The Hall–Kier alpha value is -2.41. The lowest BCUT2D eigenvalue weighted by Gasteiger charge is -2.30. The summed E-state index contributed by atoms with van der Waals surface area (Å²) in [6.45, 7) is 3.96. The summed E-state index contributed by atoms with van der Waals surface area (Å²) in [7, 11) is 1.45. The third-order valence-corrected chi connectivity index (χ3v) is 4.71. The van der Waals surface area contributed by atoms with E-state index in [1.807, 2.05) is 37.3 Å². The molecule has 2 N–H and O–H groups in total. The lowest BCUT2D eigenvalue weighted by molar-refractivity contribution is -0.140. The highest BCUT2D eigenvalue weighted by Crippen LogP contribution is 2.29.